The van der Waals surface area contributed by atoms with Crippen molar-refractivity contribution in [1.82, 2.24) is 25.2 Å². The summed E-state index contributed by atoms with van der Waals surface area (Å²) in [5, 5.41) is 9.85. The first kappa shape index (κ1) is 13.1. The molecule has 2 heterocycles. The summed E-state index contributed by atoms with van der Waals surface area (Å²) in [5.41, 5.74) is 5.44. The Kier molecular flexibility index (Phi) is 3.56. The molecule has 0 aromatic carbocycles. The minimum atomic E-state index is -0.829. The molecule has 102 valence electrons. The maximum Gasteiger partial charge on any atom is 0.274 e. The Labute approximate surface area is 108 Å². The van der Waals surface area contributed by atoms with Crippen LogP contribution in [-0.4, -0.2) is 57.2 Å². The molecule has 3 N–H and O–H groups in total. The quantitative estimate of drug-likeness (QED) is 0.592. The van der Waals surface area contributed by atoms with E-state index in [4.69, 9.17) is 5.73 Å². The van der Waals surface area contributed by atoms with E-state index in [1.807, 2.05) is 0 Å². The smallest absolute Gasteiger partial charge is 0.274 e. The van der Waals surface area contributed by atoms with E-state index in [-0.39, 0.29) is 18.0 Å². The molecule has 1 aromatic rings. The molecule has 1 aliphatic rings. The molecular weight excluding hydrogens is 252 g/mol. The number of likely N-dealkylation sites (N-methyl/N-ethyl adjacent to an activating group) is 1. The van der Waals surface area contributed by atoms with Gasteiger partial charge in [0.15, 0.2) is 5.69 Å². The van der Waals surface area contributed by atoms with Gasteiger partial charge in [-0.25, -0.2) is 0 Å². The number of imide groups is 1. The zero-order valence-electron chi connectivity index (χ0n) is 10.4. The number of hydrogen-bond acceptors (Lipinski definition) is 6. The lowest BCUT2D eigenvalue weighted by atomic mass is 10.2. The van der Waals surface area contributed by atoms with E-state index in [1.54, 1.807) is 0 Å². The van der Waals surface area contributed by atoms with Crippen LogP contribution in [0.3, 0.4) is 0 Å². The molecule has 9 nitrogen and oxygen atoms in total. The zero-order chi connectivity index (χ0) is 14.0. The van der Waals surface area contributed by atoms with Crippen LogP contribution in [0.15, 0.2) is 6.20 Å². The fourth-order valence-corrected chi connectivity index (χ4v) is 1.74. The second kappa shape index (κ2) is 5.14. The lowest BCUT2D eigenvalue weighted by Crippen LogP contribution is -2.40. The number of nitrogens with one attached hydrogen (secondary N) is 1. The number of rotatable bonds is 4. The molecule has 0 bridgehead atoms. The van der Waals surface area contributed by atoms with Crippen molar-refractivity contribution >= 4 is 17.7 Å². The molecule has 1 unspecified atom stereocenters. The Morgan fingerprint density at radius 3 is 2.89 bits per heavy atom. The summed E-state index contributed by atoms with van der Waals surface area (Å²) in [6.07, 6.45) is 1.41. The van der Waals surface area contributed by atoms with Gasteiger partial charge in [0, 0.05) is 13.6 Å². The van der Waals surface area contributed by atoms with Crippen LogP contribution in [0, 0.1) is 0 Å². The van der Waals surface area contributed by atoms with Crippen molar-refractivity contribution in [1.29, 1.82) is 0 Å². The SMILES string of the molecule is CN1C(=O)CC(NC(=O)c2cn(CCN)nn2)C1=O. The van der Waals surface area contributed by atoms with Crippen molar-refractivity contribution in [3.8, 4) is 0 Å². The summed E-state index contributed by atoms with van der Waals surface area (Å²) in [6, 6.07) is -0.829. The molecular formula is C10H14N6O3. The molecule has 2 rings (SSSR count). The molecule has 0 saturated carbocycles. The molecule has 0 spiro atoms. The van der Waals surface area contributed by atoms with E-state index in [1.165, 1.54) is 17.9 Å². The molecule has 3 amide bonds. The first-order valence-corrected chi connectivity index (χ1v) is 5.74. The number of hydrogen-bond donors (Lipinski definition) is 2. The third-order valence-electron chi connectivity index (χ3n) is 2.82. The molecule has 19 heavy (non-hydrogen) atoms. The van der Waals surface area contributed by atoms with E-state index in [9.17, 15) is 14.4 Å². The fourth-order valence-electron chi connectivity index (χ4n) is 1.74. The van der Waals surface area contributed by atoms with Crippen LogP contribution >= 0.6 is 0 Å². The van der Waals surface area contributed by atoms with E-state index < -0.39 is 17.9 Å². The Morgan fingerprint density at radius 1 is 1.58 bits per heavy atom. The van der Waals surface area contributed by atoms with Gasteiger partial charge >= 0.3 is 0 Å². The normalized spacial score (nSPS) is 19.1. The van der Waals surface area contributed by atoms with Crippen molar-refractivity contribution in [3.63, 3.8) is 0 Å². The summed E-state index contributed by atoms with van der Waals surface area (Å²) in [5.74, 6) is -1.28. The van der Waals surface area contributed by atoms with Crippen LogP contribution in [0.25, 0.3) is 0 Å². The van der Waals surface area contributed by atoms with Crippen molar-refractivity contribution < 1.29 is 14.4 Å². The van der Waals surface area contributed by atoms with Crippen LogP contribution in [0.4, 0.5) is 0 Å². The van der Waals surface area contributed by atoms with Gasteiger partial charge in [-0.3, -0.25) is 24.0 Å². The third-order valence-corrected chi connectivity index (χ3v) is 2.82. The van der Waals surface area contributed by atoms with E-state index in [0.717, 1.165) is 4.90 Å². The minimum Gasteiger partial charge on any atom is -0.338 e. The molecule has 0 radical (unpaired) electrons. The van der Waals surface area contributed by atoms with E-state index in [0.29, 0.717) is 13.1 Å². The standard InChI is InChI=1S/C10H14N6O3/c1-15-8(17)4-6(10(15)19)12-9(18)7-5-16(3-2-11)14-13-7/h5-6H,2-4,11H2,1H3,(H,12,18). The van der Waals surface area contributed by atoms with Crippen LogP contribution in [0.1, 0.15) is 16.9 Å². The van der Waals surface area contributed by atoms with Gasteiger partial charge in [0.2, 0.25) is 5.91 Å². The van der Waals surface area contributed by atoms with Gasteiger partial charge in [-0.15, -0.1) is 5.10 Å². The summed E-state index contributed by atoms with van der Waals surface area (Å²) in [7, 11) is 1.38. The molecule has 1 saturated heterocycles. The predicted molar refractivity (Wildman–Crippen MR) is 62.7 cm³/mol. The molecule has 1 aliphatic heterocycles. The van der Waals surface area contributed by atoms with Gasteiger partial charge in [-0.1, -0.05) is 5.21 Å². The Bertz CT molecular complexity index is 525. The van der Waals surface area contributed by atoms with Crippen molar-refractivity contribution in [3.05, 3.63) is 11.9 Å². The average molecular weight is 266 g/mol. The summed E-state index contributed by atoms with van der Waals surface area (Å²) >= 11 is 0. The monoisotopic (exact) mass is 266 g/mol. The Balaban J connectivity index is 2.01. The van der Waals surface area contributed by atoms with Gasteiger partial charge in [0.1, 0.15) is 6.04 Å². The highest BCUT2D eigenvalue weighted by Gasteiger charge is 2.37. The maximum atomic E-state index is 11.8. The maximum absolute atomic E-state index is 11.8. The fraction of sp³-hybridized carbons (Fsp3) is 0.500. The van der Waals surface area contributed by atoms with Crippen LogP contribution in [0.2, 0.25) is 0 Å². The third kappa shape index (κ3) is 2.60. The number of carbonyl (C=O) groups is 3. The molecule has 1 atom stereocenters. The summed E-state index contributed by atoms with van der Waals surface area (Å²) < 4.78 is 1.43. The topological polar surface area (TPSA) is 123 Å². The predicted octanol–water partition coefficient (Wildman–Crippen LogP) is -2.28. The number of nitrogens with zero attached hydrogens (tertiary/aromatic N) is 4. The number of likely N-dealkylation sites (tertiary alicyclic amines) is 1. The van der Waals surface area contributed by atoms with Crippen molar-refractivity contribution in [2.75, 3.05) is 13.6 Å². The first-order chi connectivity index (χ1) is 9.02. The molecule has 0 aliphatic carbocycles. The summed E-state index contributed by atoms with van der Waals surface area (Å²) in [6.45, 7) is 0.828. The van der Waals surface area contributed by atoms with Crippen molar-refractivity contribution in [2.45, 2.75) is 19.0 Å². The van der Waals surface area contributed by atoms with E-state index >= 15 is 0 Å². The molecule has 1 fully saturated rings. The number of aromatic nitrogens is 3. The van der Waals surface area contributed by atoms with Crippen LogP contribution in [-0.2, 0) is 16.1 Å². The average Bonchev–Trinajstić information content (AvgIpc) is 2.92. The van der Waals surface area contributed by atoms with Crippen LogP contribution in [0.5, 0.6) is 0 Å². The number of nitrogens with two attached hydrogens (primary N) is 1. The lowest BCUT2D eigenvalue weighted by molar-refractivity contribution is -0.137. The zero-order valence-corrected chi connectivity index (χ0v) is 10.4. The molecule has 1 aromatic heterocycles. The highest BCUT2D eigenvalue weighted by atomic mass is 16.2. The van der Waals surface area contributed by atoms with Gasteiger partial charge in [0.05, 0.1) is 19.2 Å². The van der Waals surface area contributed by atoms with E-state index in [2.05, 4.69) is 15.6 Å². The van der Waals surface area contributed by atoms with Gasteiger partial charge < -0.3 is 11.1 Å². The van der Waals surface area contributed by atoms with Gasteiger partial charge in [-0.2, -0.15) is 0 Å². The first-order valence-electron chi connectivity index (χ1n) is 5.74. The van der Waals surface area contributed by atoms with Gasteiger partial charge in [-0.05, 0) is 0 Å². The number of amides is 3. The highest BCUT2D eigenvalue weighted by molar-refractivity contribution is 6.07. The lowest BCUT2D eigenvalue weighted by Gasteiger charge is -2.09. The second-order valence-corrected chi connectivity index (χ2v) is 4.18. The second-order valence-electron chi connectivity index (χ2n) is 4.18. The molecule has 9 heteroatoms. The highest BCUT2D eigenvalue weighted by Crippen LogP contribution is 2.10. The Hall–Kier alpha value is -2.29. The van der Waals surface area contributed by atoms with Crippen molar-refractivity contribution in [2.24, 2.45) is 5.73 Å². The minimum absolute atomic E-state index is 0.0298. The number of carbonyl (C=O) groups excluding carboxylic acids is 3. The largest absolute Gasteiger partial charge is 0.338 e. The van der Waals surface area contributed by atoms with Gasteiger partial charge in [0.25, 0.3) is 11.8 Å². The Morgan fingerprint density at radius 2 is 2.32 bits per heavy atom. The van der Waals surface area contributed by atoms with Crippen LogP contribution < -0.4 is 11.1 Å². The summed E-state index contributed by atoms with van der Waals surface area (Å²) in [4.78, 5) is 35.8.